The standard InChI is InChI=1S/C9H11NO2/c1-3-5-6-8(4-2)7-12-9(10)11/h1,4-6H,7H2,2H3,(H2,10,11)/b6-5-,8-4+. The lowest BCUT2D eigenvalue weighted by Gasteiger charge is -2.00. The lowest BCUT2D eigenvalue weighted by molar-refractivity contribution is 0.167. The third-order valence-electron chi connectivity index (χ3n) is 1.15. The van der Waals surface area contributed by atoms with E-state index in [1.807, 2.05) is 6.92 Å². The molecule has 12 heavy (non-hydrogen) atoms. The van der Waals surface area contributed by atoms with Crippen molar-refractivity contribution in [2.75, 3.05) is 6.61 Å². The van der Waals surface area contributed by atoms with Gasteiger partial charge in [0, 0.05) is 0 Å². The quantitative estimate of drug-likeness (QED) is 0.505. The molecule has 0 bridgehead atoms. The smallest absolute Gasteiger partial charge is 0.404 e. The molecule has 2 N–H and O–H groups in total. The van der Waals surface area contributed by atoms with Gasteiger partial charge in [-0.15, -0.1) is 6.42 Å². The normalized spacial score (nSPS) is 11.2. The van der Waals surface area contributed by atoms with Crippen molar-refractivity contribution in [1.29, 1.82) is 0 Å². The summed E-state index contributed by atoms with van der Waals surface area (Å²) in [5.41, 5.74) is 5.58. The van der Waals surface area contributed by atoms with Crippen molar-refractivity contribution in [3.05, 3.63) is 23.8 Å². The van der Waals surface area contributed by atoms with Crippen molar-refractivity contribution < 1.29 is 9.53 Å². The summed E-state index contributed by atoms with van der Waals surface area (Å²) in [6.45, 7) is 1.98. The zero-order valence-corrected chi connectivity index (χ0v) is 6.91. The number of carbonyl (C=O) groups is 1. The molecule has 3 heteroatoms. The fourth-order valence-corrected chi connectivity index (χ4v) is 0.537. The van der Waals surface area contributed by atoms with Crippen LogP contribution in [0.25, 0.3) is 0 Å². The van der Waals surface area contributed by atoms with Crippen molar-refractivity contribution in [2.24, 2.45) is 5.73 Å². The Labute approximate surface area is 71.9 Å². The Morgan fingerprint density at radius 2 is 2.42 bits per heavy atom. The summed E-state index contributed by atoms with van der Waals surface area (Å²) < 4.78 is 4.54. The molecule has 0 heterocycles. The first-order chi connectivity index (χ1) is 5.70. The van der Waals surface area contributed by atoms with Crippen LogP contribution in [-0.4, -0.2) is 12.7 Å². The minimum absolute atomic E-state index is 0.157. The van der Waals surface area contributed by atoms with E-state index in [0.29, 0.717) is 0 Å². The van der Waals surface area contributed by atoms with Gasteiger partial charge in [-0.3, -0.25) is 0 Å². The van der Waals surface area contributed by atoms with Crippen LogP contribution in [-0.2, 0) is 4.74 Å². The number of rotatable bonds is 3. The van der Waals surface area contributed by atoms with Crippen LogP contribution < -0.4 is 5.73 Å². The van der Waals surface area contributed by atoms with Crippen LogP contribution in [0.1, 0.15) is 6.92 Å². The molecule has 0 aliphatic heterocycles. The van der Waals surface area contributed by atoms with Crippen molar-refractivity contribution in [1.82, 2.24) is 0 Å². The van der Waals surface area contributed by atoms with Gasteiger partial charge in [0.25, 0.3) is 0 Å². The monoisotopic (exact) mass is 165 g/mol. The molecule has 0 spiro atoms. The molecule has 0 saturated heterocycles. The highest BCUT2D eigenvalue weighted by Crippen LogP contribution is 1.97. The summed E-state index contributed by atoms with van der Waals surface area (Å²) in [6.07, 6.45) is 9.20. The number of terminal acetylenes is 1. The van der Waals surface area contributed by atoms with Crippen molar-refractivity contribution in [2.45, 2.75) is 6.92 Å². The number of primary amides is 1. The highest BCUT2D eigenvalue weighted by Gasteiger charge is 1.94. The molecule has 0 radical (unpaired) electrons. The molecule has 0 aromatic rings. The van der Waals surface area contributed by atoms with Crippen molar-refractivity contribution >= 4 is 6.09 Å². The van der Waals surface area contributed by atoms with Gasteiger partial charge < -0.3 is 10.5 Å². The molecule has 0 saturated carbocycles. The Bertz CT molecular complexity index is 246. The molecule has 64 valence electrons. The number of hydrogen-bond donors (Lipinski definition) is 1. The average molecular weight is 165 g/mol. The summed E-state index contributed by atoms with van der Waals surface area (Å²) in [4.78, 5) is 10.2. The highest BCUT2D eigenvalue weighted by molar-refractivity contribution is 5.64. The summed E-state index contributed by atoms with van der Waals surface area (Å²) >= 11 is 0. The van der Waals surface area contributed by atoms with E-state index in [2.05, 4.69) is 10.7 Å². The molecular weight excluding hydrogens is 154 g/mol. The van der Waals surface area contributed by atoms with E-state index >= 15 is 0 Å². The minimum Gasteiger partial charge on any atom is -0.445 e. The molecule has 0 rings (SSSR count). The predicted octanol–water partition coefficient (Wildman–Crippen LogP) is 1.22. The molecule has 0 aromatic heterocycles. The topological polar surface area (TPSA) is 52.3 Å². The van der Waals surface area contributed by atoms with Crippen LogP contribution in [0.15, 0.2) is 23.8 Å². The lowest BCUT2D eigenvalue weighted by Crippen LogP contribution is -2.14. The van der Waals surface area contributed by atoms with E-state index in [0.717, 1.165) is 5.57 Å². The first-order valence-corrected chi connectivity index (χ1v) is 3.40. The molecule has 0 unspecified atom stereocenters. The first kappa shape index (κ1) is 10.3. The second-order valence-electron chi connectivity index (χ2n) is 1.97. The molecule has 0 aliphatic rings. The van der Waals surface area contributed by atoms with E-state index in [1.165, 1.54) is 6.08 Å². The fraction of sp³-hybridized carbons (Fsp3) is 0.222. The van der Waals surface area contributed by atoms with Crippen LogP contribution in [0.5, 0.6) is 0 Å². The van der Waals surface area contributed by atoms with Gasteiger partial charge in [0.2, 0.25) is 0 Å². The first-order valence-electron chi connectivity index (χ1n) is 3.40. The maximum atomic E-state index is 10.2. The van der Waals surface area contributed by atoms with Gasteiger partial charge in [0.1, 0.15) is 6.61 Å². The van der Waals surface area contributed by atoms with Crippen LogP contribution in [0.4, 0.5) is 4.79 Å². The Balaban J connectivity index is 3.96. The van der Waals surface area contributed by atoms with Gasteiger partial charge in [0.15, 0.2) is 0 Å². The van der Waals surface area contributed by atoms with Crippen LogP contribution >= 0.6 is 0 Å². The van der Waals surface area contributed by atoms with E-state index in [9.17, 15) is 4.79 Å². The van der Waals surface area contributed by atoms with E-state index in [1.54, 1.807) is 12.2 Å². The minimum atomic E-state index is -0.788. The Morgan fingerprint density at radius 1 is 1.75 bits per heavy atom. The molecule has 0 atom stereocenters. The maximum Gasteiger partial charge on any atom is 0.404 e. The molecule has 1 amide bonds. The zero-order chi connectivity index (χ0) is 9.40. The van der Waals surface area contributed by atoms with Gasteiger partial charge in [-0.05, 0) is 24.6 Å². The number of ether oxygens (including phenoxy) is 1. The van der Waals surface area contributed by atoms with E-state index < -0.39 is 6.09 Å². The Kier molecular flexibility index (Phi) is 5.20. The predicted molar refractivity (Wildman–Crippen MR) is 47.3 cm³/mol. The second kappa shape index (κ2) is 6.05. The van der Waals surface area contributed by atoms with E-state index in [-0.39, 0.29) is 6.61 Å². The SMILES string of the molecule is C#C/C=C\C(=C/C)COC(N)=O. The lowest BCUT2D eigenvalue weighted by atomic mass is 10.2. The summed E-state index contributed by atoms with van der Waals surface area (Å²) in [7, 11) is 0. The Morgan fingerprint density at radius 3 is 2.83 bits per heavy atom. The fourth-order valence-electron chi connectivity index (χ4n) is 0.537. The van der Waals surface area contributed by atoms with Crippen molar-refractivity contribution in [3.8, 4) is 12.3 Å². The molecular formula is C9H11NO2. The zero-order valence-electron chi connectivity index (χ0n) is 6.91. The average Bonchev–Trinajstić information content (AvgIpc) is 2.05. The summed E-state index contributed by atoms with van der Waals surface area (Å²) in [6, 6.07) is 0. The summed E-state index contributed by atoms with van der Waals surface area (Å²) in [5, 5.41) is 0. The molecule has 0 aromatic carbocycles. The van der Waals surface area contributed by atoms with Gasteiger partial charge in [-0.2, -0.15) is 0 Å². The maximum absolute atomic E-state index is 10.2. The molecule has 0 fully saturated rings. The van der Waals surface area contributed by atoms with Gasteiger partial charge in [0.05, 0.1) is 0 Å². The van der Waals surface area contributed by atoms with E-state index in [4.69, 9.17) is 12.2 Å². The largest absolute Gasteiger partial charge is 0.445 e. The van der Waals surface area contributed by atoms with Crippen LogP contribution in [0.2, 0.25) is 0 Å². The third kappa shape index (κ3) is 5.12. The van der Waals surface area contributed by atoms with Gasteiger partial charge in [-0.1, -0.05) is 12.0 Å². The van der Waals surface area contributed by atoms with Gasteiger partial charge in [-0.25, -0.2) is 4.79 Å². The highest BCUT2D eigenvalue weighted by atomic mass is 16.5. The number of carbonyl (C=O) groups excluding carboxylic acids is 1. The number of amides is 1. The second-order valence-corrected chi connectivity index (χ2v) is 1.97. The number of hydrogen-bond acceptors (Lipinski definition) is 2. The molecule has 3 nitrogen and oxygen atoms in total. The number of allylic oxidation sites excluding steroid dienone is 2. The third-order valence-corrected chi connectivity index (χ3v) is 1.15. The van der Waals surface area contributed by atoms with Gasteiger partial charge >= 0.3 is 6.09 Å². The summed E-state index contributed by atoms with van der Waals surface area (Å²) in [5.74, 6) is 2.33. The molecule has 0 aliphatic carbocycles. The van der Waals surface area contributed by atoms with Crippen LogP contribution in [0, 0.1) is 12.3 Å². The van der Waals surface area contributed by atoms with Crippen LogP contribution in [0.3, 0.4) is 0 Å². The van der Waals surface area contributed by atoms with Crippen molar-refractivity contribution in [3.63, 3.8) is 0 Å². The number of nitrogens with two attached hydrogens (primary N) is 1. The Hall–Kier alpha value is -1.69.